The maximum absolute atomic E-state index is 2.43. The molecule has 0 aliphatic carbocycles. The number of nitrogens with zero attached hydrogens (tertiary/aromatic N) is 1. The molecule has 0 atom stereocenters. The van der Waals surface area contributed by atoms with E-state index in [-0.39, 0.29) is 17.0 Å². The zero-order valence-corrected chi connectivity index (χ0v) is 23.3. The Balaban J connectivity index is 0.00000274. The van der Waals surface area contributed by atoms with E-state index in [4.69, 9.17) is 0 Å². The number of aryl methyl sites for hydroxylation is 2. The summed E-state index contributed by atoms with van der Waals surface area (Å²) in [4.78, 5) is 0. The van der Waals surface area contributed by atoms with Gasteiger partial charge in [0.15, 0.2) is 0 Å². The van der Waals surface area contributed by atoms with E-state index >= 15 is 0 Å². The highest BCUT2D eigenvalue weighted by Crippen LogP contribution is 2.46. The maximum Gasteiger partial charge on any atom is 0.106 e. The van der Waals surface area contributed by atoms with E-state index in [0.717, 1.165) is 17.6 Å². The van der Waals surface area contributed by atoms with E-state index in [1.165, 1.54) is 56.9 Å². The van der Waals surface area contributed by atoms with Crippen molar-refractivity contribution in [1.29, 1.82) is 0 Å². The minimum absolute atomic E-state index is 0. The fourth-order valence-corrected chi connectivity index (χ4v) is 6.65. The summed E-state index contributed by atoms with van der Waals surface area (Å²) in [7, 11) is 0. The van der Waals surface area contributed by atoms with Crippen LogP contribution in [0.4, 0.5) is 0 Å². The number of fused-ring (bicyclic) bond motifs is 7. The molecule has 34 heavy (non-hydrogen) atoms. The van der Waals surface area contributed by atoms with Gasteiger partial charge in [0, 0.05) is 23.0 Å². The van der Waals surface area contributed by atoms with Crippen LogP contribution in [0.5, 0.6) is 0 Å². The number of rotatable bonds is 4. The number of benzene rings is 4. The fourth-order valence-electron chi connectivity index (χ4n) is 6.65. The molecule has 0 amide bonds. The van der Waals surface area contributed by atoms with Gasteiger partial charge in [-0.1, -0.05) is 88.4 Å². The third kappa shape index (κ3) is 4.32. The van der Waals surface area contributed by atoms with Crippen LogP contribution in [0.15, 0.2) is 60.7 Å². The number of quaternary nitrogens is 1. The van der Waals surface area contributed by atoms with E-state index in [1.807, 2.05) is 0 Å². The van der Waals surface area contributed by atoms with Crippen molar-refractivity contribution in [2.75, 3.05) is 13.1 Å². The summed E-state index contributed by atoms with van der Waals surface area (Å²) in [5, 5.41) is 5.53. The van der Waals surface area contributed by atoms with Gasteiger partial charge in [-0.15, -0.1) is 17.0 Å². The highest BCUT2D eigenvalue weighted by Gasteiger charge is 2.37. The SMILES string of the molecule is Br.Cc1cc2ccccc2c2c1C[N+](CC(C)C)(CC(C)C)Cc1c(C)cc3ccccc3c1-2. The fraction of sp³-hybridized carbons (Fsp3) is 0.375. The van der Waals surface area contributed by atoms with E-state index in [9.17, 15) is 0 Å². The Bertz CT molecular complexity index is 1240. The Morgan fingerprint density at radius 3 is 1.41 bits per heavy atom. The van der Waals surface area contributed by atoms with Crippen LogP contribution in [0.2, 0.25) is 0 Å². The topological polar surface area (TPSA) is 0 Å². The molecule has 0 unspecified atom stereocenters. The van der Waals surface area contributed by atoms with E-state index in [1.54, 1.807) is 11.1 Å². The first-order valence-corrected chi connectivity index (χ1v) is 12.7. The van der Waals surface area contributed by atoms with Crippen LogP contribution in [0.25, 0.3) is 32.7 Å². The Morgan fingerprint density at radius 2 is 1.03 bits per heavy atom. The lowest BCUT2D eigenvalue weighted by molar-refractivity contribution is -0.958. The summed E-state index contributed by atoms with van der Waals surface area (Å²) in [5.74, 6) is 1.32. The van der Waals surface area contributed by atoms with Crippen molar-refractivity contribution in [2.24, 2.45) is 11.8 Å². The minimum atomic E-state index is 0. The molecule has 0 aromatic heterocycles. The molecule has 0 fully saturated rings. The standard InChI is InChI=1S/C32H38N.BrH/c1-21(2)17-33(18-22(3)4)19-29-23(5)15-25-11-7-9-13-27(25)31(29)32-28-14-10-8-12-26(28)16-24(6)30(32)20-33;/h7-16,21-22H,17-20H2,1-6H3;1H/q+1;. The molecule has 0 saturated heterocycles. The highest BCUT2D eigenvalue weighted by molar-refractivity contribution is 8.93. The monoisotopic (exact) mass is 516 g/mol. The first-order valence-electron chi connectivity index (χ1n) is 12.7. The van der Waals surface area contributed by atoms with Crippen molar-refractivity contribution >= 4 is 38.5 Å². The van der Waals surface area contributed by atoms with Crippen LogP contribution in [-0.2, 0) is 13.1 Å². The highest BCUT2D eigenvalue weighted by atomic mass is 79.9. The summed E-state index contributed by atoms with van der Waals surface area (Å²) in [6.07, 6.45) is 0. The second kappa shape index (κ2) is 9.47. The molecule has 1 aliphatic heterocycles. The molecular weight excluding hydrogens is 478 g/mol. The van der Waals surface area contributed by atoms with Gasteiger partial charge in [-0.25, -0.2) is 0 Å². The summed E-state index contributed by atoms with van der Waals surface area (Å²) in [5.41, 5.74) is 8.99. The summed E-state index contributed by atoms with van der Waals surface area (Å²) >= 11 is 0. The molecular formula is C32H39BrN+. The molecule has 0 N–H and O–H groups in total. The van der Waals surface area contributed by atoms with Gasteiger partial charge >= 0.3 is 0 Å². The Kier molecular flexibility index (Phi) is 6.95. The molecule has 1 nitrogen and oxygen atoms in total. The lowest BCUT2D eigenvalue weighted by atomic mass is 9.85. The Hall–Kier alpha value is -2.16. The lowest BCUT2D eigenvalue weighted by Crippen LogP contribution is -2.50. The summed E-state index contributed by atoms with van der Waals surface area (Å²) in [6, 6.07) is 22.9. The van der Waals surface area contributed by atoms with Crippen LogP contribution in [0.3, 0.4) is 0 Å². The third-order valence-corrected chi connectivity index (χ3v) is 7.50. The average molecular weight is 518 g/mol. The molecule has 178 valence electrons. The van der Waals surface area contributed by atoms with Gasteiger partial charge in [0.1, 0.15) is 13.1 Å². The smallest absolute Gasteiger partial charge is 0.106 e. The van der Waals surface area contributed by atoms with Crippen LogP contribution >= 0.6 is 17.0 Å². The lowest BCUT2D eigenvalue weighted by Gasteiger charge is -2.41. The zero-order valence-electron chi connectivity index (χ0n) is 21.6. The number of hydrogen-bond acceptors (Lipinski definition) is 0. The van der Waals surface area contributed by atoms with Crippen molar-refractivity contribution in [3.8, 4) is 11.1 Å². The summed E-state index contributed by atoms with van der Waals surface area (Å²) in [6.45, 7) is 18.9. The maximum atomic E-state index is 2.43. The Labute approximate surface area is 216 Å². The van der Waals surface area contributed by atoms with Gasteiger partial charge < -0.3 is 4.48 Å². The second-order valence-electron chi connectivity index (χ2n) is 11.3. The van der Waals surface area contributed by atoms with Gasteiger partial charge in [-0.05, 0) is 57.6 Å². The molecule has 0 radical (unpaired) electrons. The predicted octanol–water partition coefficient (Wildman–Crippen LogP) is 9.00. The van der Waals surface area contributed by atoms with Gasteiger partial charge in [-0.2, -0.15) is 0 Å². The molecule has 2 heteroatoms. The minimum Gasteiger partial charge on any atom is -0.316 e. The van der Waals surface area contributed by atoms with Crippen LogP contribution in [-0.4, -0.2) is 17.6 Å². The van der Waals surface area contributed by atoms with Crippen molar-refractivity contribution in [1.82, 2.24) is 0 Å². The first kappa shape index (κ1) is 24.9. The van der Waals surface area contributed by atoms with Crippen molar-refractivity contribution < 1.29 is 4.48 Å². The summed E-state index contributed by atoms with van der Waals surface area (Å²) < 4.78 is 1.15. The van der Waals surface area contributed by atoms with Crippen LogP contribution < -0.4 is 0 Å². The Morgan fingerprint density at radius 1 is 0.647 bits per heavy atom. The van der Waals surface area contributed by atoms with Gasteiger partial charge in [0.05, 0.1) is 13.1 Å². The molecule has 5 rings (SSSR count). The van der Waals surface area contributed by atoms with E-state index in [0.29, 0.717) is 11.8 Å². The zero-order chi connectivity index (χ0) is 23.3. The molecule has 0 bridgehead atoms. The predicted molar refractivity (Wildman–Crippen MR) is 154 cm³/mol. The molecule has 1 heterocycles. The second-order valence-corrected chi connectivity index (χ2v) is 11.3. The molecule has 4 aromatic rings. The largest absolute Gasteiger partial charge is 0.316 e. The van der Waals surface area contributed by atoms with Crippen molar-refractivity contribution in [2.45, 2.75) is 54.6 Å². The van der Waals surface area contributed by atoms with Gasteiger partial charge in [-0.3, -0.25) is 0 Å². The first-order chi connectivity index (χ1) is 15.8. The average Bonchev–Trinajstić information content (AvgIpc) is 2.89. The van der Waals surface area contributed by atoms with Gasteiger partial charge in [0.2, 0.25) is 0 Å². The third-order valence-electron chi connectivity index (χ3n) is 7.50. The quantitative estimate of drug-likeness (QED) is 0.237. The molecule has 0 spiro atoms. The molecule has 0 saturated carbocycles. The number of hydrogen-bond donors (Lipinski definition) is 0. The normalized spacial score (nSPS) is 14.7. The van der Waals surface area contributed by atoms with E-state index in [2.05, 4.69) is 102 Å². The molecule has 1 aliphatic rings. The van der Waals surface area contributed by atoms with Crippen molar-refractivity contribution in [3.05, 3.63) is 82.9 Å². The number of halogens is 1. The van der Waals surface area contributed by atoms with Crippen LogP contribution in [0.1, 0.15) is 49.9 Å². The van der Waals surface area contributed by atoms with Gasteiger partial charge in [0.25, 0.3) is 0 Å². The molecule has 4 aromatic carbocycles. The van der Waals surface area contributed by atoms with Crippen LogP contribution in [0, 0.1) is 25.7 Å². The van der Waals surface area contributed by atoms with E-state index < -0.39 is 0 Å². The van der Waals surface area contributed by atoms with Crippen molar-refractivity contribution in [3.63, 3.8) is 0 Å².